The summed E-state index contributed by atoms with van der Waals surface area (Å²) in [6, 6.07) is 11.1. The first-order valence-electron chi connectivity index (χ1n) is 10.1. The second-order valence-electron chi connectivity index (χ2n) is 7.29. The molecule has 1 amide bonds. The summed E-state index contributed by atoms with van der Waals surface area (Å²) < 4.78 is 32.0. The third-order valence-electron chi connectivity index (χ3n) is 4.85. The number of carbonyl (C=O) groups is 2. The molecule has 4 rings (SSSR count). The molecule has 166 valence electrons. The number of fused-ring (bicyclic) bond motifs is 1. The van der Waals surface area contributed by atoms with Crippen LogP contribution < -0.4 is 14.8 Å². The smallest absolute Gasteiger partial charge is 0.342 e. The number of hydrogen-bond acceptors (Lipinski definition) is 6. The Balaban J connectivity index is 1.52. The van der Waals surface area contributed by atoms with E-state index in [1.165, 1.54) is 36.0 Å². The second kappa shape index (κ2) is 9.09. The summed E-state index contributed by atoms with van der Waals surface area (Å²) in [5.74, 6) is -0.753. The summed E-state index contributed by atoms with van der Waals surface area (Å²) in [4.78, 5) is 25.2. The zero-order chi connectivity index (χ0) is 22.7. The number of amides is 1. The third kappa shape index (κ3) is 4.56. The largest absolute Gasteiger partial charge is 0.490 e. The van der Waals surface area contributed by atoms with E-state index < -0.39 is 23.8 Å². The van der Waals surface area contributed by atoms with Crippen molar-refractivity contribution in [1.82, 2.24) is 9.78 Å². The number of nitrogens with zero attached hydrogens (tertiary/aromatic N) is 2. The van der Waals surface area contributed by atoms with E-state index in [-0.39, 0.29) is 11.3 Å². The van der Waals surface area contributed by atoms with Crippen LogP contribution in [0.3, 0.4) is 0 Å². The first-order valence-corrected chi connectivity index (χ1v) is 10.1. The monoisotopic (exact) mass is 439 g/mol. The molecule has 2 aromatic carbocycles. The van der Waals surface area contributed by atoms with Gasteiger partial charge in [0.1, 0.15) is 17.1 Å². The van der Waals surface area contributed by atoms with E-state index >= 15 is 0 Å². The SMILES string of the molecule is C[C@H](OC(=O)c1cn(C)nc1-c1ccc2c(c1)OCCCO2)C(=O)Nc1ccccc1F. The molecule has 0 radical (unpaired) electrons. The predicted molar refractivity (Wildman–Crippen MR) is 114 cm³/mol. The molecule has 0 saturated heterocycles. The van der Waals surface area contributed by atoms with Crippen LogP contribution >= 0.6 is 0 Å². The Morgan fingerprint density at radius 3 is 2.69 bits per heavy atom. The van der Waals surface area contributed by atoms with Crippen LogP contribution in [0, 0.1) is 5.82 Å². The van der Waals surface area contributed by atoms with Gasteiger partial charge < -0.3 is 19.5 Å². The van der Waals surface area contributed by atoms with Crippen molar-refractivity contribution in [3.8, 4) is 22.8 Å². The second-order valence-corrected chi connectivity index (χ2v) is 7.29. The number of para-hydroxylation sites is 1. The molecule has 8 nitrogen and oxygen atoms in total. The van der Waals surface area contributed by atoms with Crippen LogP contribution in [0.15, 0.2) is 48.7 Å². The van der Waals surface area contributed by atoms with Crippen LogP contribution in [0.1, 0.15) is 23.7 Å². The molecule has 1 aliphatic rings. The Bertz CT molecular complexity index is 1160. The first-order chi connectivity index (χ1) is 15.4. The van der Waals surface area contributed by atoms with Gasteiger partial charge in [0, 0.05) is 25.2 Å². The van der Waals surface area contributed by atoms with Gasteiger partial charge in [0.2, 0.25) is 0 Å². The molecule has 0 unspecified atom stereocenters. The third-order valence-corrected chi connectivity index (χ3v) is 4.85. The molecule has 0 fully saturated rings. The fourth-order valence-corrected chi connectivity index (χ4v) is 3.24. The Kier molecular flexibility index (Phi) is 6.07. The summed E-state index contributed by atoms with van der Waals surface area (Å²) in [5, 5.41) is 6.79. The van der Waals surface area contributed by atoms with Gasteiger partial charge >= 0.3 is 5.97 Å². The quantitative estimate of drug-likeness (QED) is 0.611. The van der Waals surface area contributed by atoms with Gasteiger partial charge in [-0.1, -0.05) is 12.1 Å². The summed E-state index contributed by atoms with van der Waals surface area (Å²) in [6.45, 7) is 2.51. The Morgan fingerprint density at radius 2 is 1.91 bits per heavy atom. The van der Waals surface area contributed by atoms with Gasteiger partial charge in [-0.2, -0.15) is 5.10 Å². The average molecular weight is 439 g/mol. The summed E-state index contributed by atoms with van der Waals surface area (Å²) in [5.41, 5.74) is 1.22. The van der Waals surface area contributed by atoms with Crippen molar-refractivity contribution in [3.05, 3.63) is 60.0 Å². The first kappa shape index (κ1) is 21.4. The van der Waals surface area contributed by atoms with Gasteiger partial charge in [-0.3, -0.25) is 9.48 Å². The Hall–Kier alpha value is -3.88. The lowest BCUT2D eigenvalue weighted by molar-refractivity contribution is -0.123. The number of rotatable bonds is 5. The molecule has 3 aromatic rings. The van der Waals surface area contributed by atoms with Crippen molar-refractivity contribution in [2.24, 2.45) is 7.05 Å². The van der Waals surface area contributed by atoms with Crippen molar-refractivity contribution in [3.63, 3.8) is 0 Å². The van der Waals surface area contributed by atoms with Gasteiger partial charge in [0.25, 0.3) is 5.91 Å². The minimum absolute atomic E-state index is 0.00895. The number of anilines is 1. The van der Waals surface area contributed by atoms with Crippen LogP contribution in [-0.4, -0.2) is 41.0 Å². The molecule has 1 atom stereocenters. The highest BCUT2D eigenvalue weighted by atomic mass is 19.1. The highest BCUT2D eigenvalue weighted by Crippen LogP contribution is 2.35. The zero-order valence-corrected chi connectivity index (χ0v) is 17.6. The number of carbonyl (C=O) groups excluding carboxylic acids is 2. The van der Waals surface area contributed by atoms with Gasteiger partial charge in [0.05, 0.1) is 18.9 Å². The van der Waals surface area contributed by atoms with Crippen LogP contribution in [0.2, 0.25) is 0 Å². The van der Waals surface area contributed by atoms with Gasteiger partial charge in [-0.15, -0.1) is 0 Å². The fourth-order valence-electron chi connectivity index (χ4n) is 3.24. The molecule has 0 spiro atoms. The highest BCUT2D eigenvalue weighted by molar-refractivity contribution is 6.00. The maximum absolute atomic E-state index is 13.8. The zero-order valence-electron chi connectivity index (χ0n) is 17.6. The highest BCUT2D eigenvalue weighted by Gasteiger charge is 2.25. The Morgan fingerprint density at radius 1 is 1.16 bits per heavy atom. The number of hydrogen-bond donors (Lipinski definition) is 1. The molecule has 1 aliphatic heterocycles. The number of esters is 1. The van der Waals surface area contributed by atoms with Crippen LogP contribution in [0.4, 0.5) is 10.1 Å². The fraction of sp³-hybridized carbons (Fsp3) is 0.261. The minimum atomic E-state index is -1.15. The summed E-state index contributed by atoms with van der Waals surface area (Å²) >= 11 is 0. The molecule has 9 heteroatoms. The molecular weight excluding hydrogens is 417 g/mol. The van der Waals surface area contributed by atoms with E-state index in [2.05, 4.69) is 10.4 Å². The normalized spacial score (nSPS) is 13.7. The van der Waals surface area contributed by atoms with Crippen LogP contribution in [-0.2, 0) is 16.6 Å². The molecular formula is C23H22FN3O5. The lowest BCUT2D eigenvalue weighted by Gasteiger charge is -2.14. The molecule has 32 heavy (non-hydrogen) atoms. The van der Waals surface area contributed by atoms with Crippen molar-refractivity contribution < 1.29 is 28.2 Å². The molecule has 0 aliphatic carbocycles. The van der Waals surface area contributed by atoms with Crippen molar-refractivity contribution in [2.45, 2.75) is 19.4 Å². The van der Waals surface area contributed by atoms with Gasteiger partial charge in [-0.05, 0) is 37.3 Å². The van der Waals surface area contributed by atoms with E-state index in [0.29, 0.717) is 36.0 Å². The maximum atomic E-state index is 13.8. The van der Waals surface area contributed by atoms with E-state index in [4.69, 9.17) is 14.2 Å². The number of nitrogens with one attached hydrogen (secondary N) is 1. The van der Waals surface area contributed by atoms with Crippen LogP contribution in [0.5, 0.6) is 11.5 Å². The summed E-state index contributed by atoms with van der Waals surface area (Å²) in [6.07, 6.45) is 1.14. The topological polar surface area (TPSA) is 91.7 Å². The lowest BCUT2D eigenvalue weighted by atomic mass is 10.1. The van der Waals surface area contributed by atoms with Gasteiger partial charge in [0.15, 0.2) is 17.6 Å². The van der Waals surface area contributed by atoms with Crippen molar-refractivity contribution >= 4 is 17.6 Å². The number of aryl methyl sites for hydroxylation is 1. The molecule has 0 bridgehead atoms. The van der Waals surface area contributed by atoms with E-state index in [9.17, 15) is 14.0 Å². The number of halogens is 1. The van der Waals surface area contributed by atoms with Gasteiger partial charge in [-0.25, -0.2) is 9.18 Å². The summed E-state index contributed by atoms with van der Waals surface area (Å²) in [7, 11) is 1.68. The molecule has 1 aromatic heterocycles. The number of benzene rings is 2. The van der Waals surface area contributed by atoms with E-state index in [1.807, 2.05) is 0 Å². The van der Waals surface area contributed by atoms with Crippen LogP contribution in [0.25, 0.3) is 11.3 Å². The molecule has 2 heterocycles. The standard InChI is InChI=1S/C23H22FN3O5/c1-14(22(28)25-18-7-4-3-6-17(18)24)32-23(29)16-13-27(2)26-21(16)15-8-9-19-20(12-15)31-11-5-10-30-19/h3-4,6-9,12-14H,5,10-11H2,1-2H3,(H,25,28)/t14-/m0/s1. The molecule has 0 saturated carbocycles. The number of aromatic nitrogens is 2. The number of ether oxygens (including phenoxy) is 3. The van der Waals surface area contributed by atoms with E-state index in [1.54, 1.807) is 31.3 Å². The predicted octanol–water partition coefficient (Wildman–Crippen LogP) is 3.57. The Labute approximate surface area is 183 Å². The molecule has 1 N–H and O–H groups in total. The maximum Gasteiger partial charge on any atom is 0.342 e. The lowest BCUT2D eigenvalue weighted by Crippen LogP contribution is -2.30. The van der Waals surface area contributed by atoms with Crippen molar-refractivity contribution in [2.75, 3.05) is 18.5 Å². The minimum Gasteiger partial charge on any atom is -0.490 e. The average Bonchev–Trinajstić information content (AvgIpc) is 3.02. The van der Waals surface area contributed by atoms with E-state index in [0.717, 1.165) is 6.42 Å². The van der Waals surface area contributed by atoms with Crippen molar-refractivity contribution in [1.29, 1.82) is 0 Å².